The van der Waals surface area contributed by atoms with E-state index in [0.29, 0.717) is 0 Å². The number of nitrogens with zero attached hydrogens (tertiary/aromatic N) is 2. The fourth-order valence-corrected chi connectivity index (χ4v) is 3.76. The highest BCUT2D eigenvalue weighted by Gasteiger charge is 2.15. The second kappa shape index (κ2) is 10.5. The summed E-state index contributed by atoms with van der Waals surface area (Å²) in [6.07, 6.45) is 2.27. The maximum atomic E-state index is 12.8. The summed E-state index contributed by atoms with van der Waals surface area (Å²) < 4.78 is 34.7. The zero-order chi connectivity index (χ0) is 23.8. The summed E-state index contributed by atoms with van der Waals surface area (Å²) in [5.74, 6) is -0.693. The van der Waals surface area contributed by atoms with Crippen LogP contribution >= 0.6 is 0 Å². The number of nitro benzene ring substituents is 1. The van der Waals surface area contributed by atoms with Crippen LogP contribution in [0.2, 0.25) is 0 Å². The van der Waals surface area contributed by atoms with Crippen LogP contribution in [-0.2, 0) is 26.2 Å². The summed E-state index contributed by atoms with van der Waals surface area (Å²) in [5, 5.41) is 10.9. The van der Waals surface area contributed by atoms with Crippen LogP contribution in [0.15, 0.2) is 100 Å². The topological polar surface area (TPSA) is 116 Å². The average molecular weight is 464 g/mol. The van der Waals surface area contributed by atoms with E-state index < -0.39 is 20.9 Å². The molecule has 0 fully saturated rings. The number of carbonyl (C=O) groups excluding carboxylic acids is 1. The van der Waals surface area contributed by atoms with E-state index in [1.54, 1.807) is 24.3 Å². The summed E-state index contributed by atoms with van der Waals surface area (Å²) in [5.41, 5.74) is 1.73. The molecule has 0 aromatic heterocycles. The molecule has 0 saturated carbocycles. The average Bonchev–Trinajstić information content (AvgIpc) is 2.81. The lowest BCUT2D eigenvalue weighted by molar-refractivity contribution is -0.384. The second-order valence-electron chi connectivity index (χ2n) is 7.00. The normalized spacial score (nSPS) is 12.0. The molecule has 8 nitrogen and oxygen atoms in total. The van der Waals surface area contributed by atoms with E-state index in [9.17, 15) is 23.3 Å². The minimum Gasteiger partial charge on any atom is -0.458 e. The molecule has 168 valence electrons. The van der Waals surface area contributed by atoms with Gasteiger partial charge in [-0.05, 0) is 42.8 Å². The van der Waals surface area contributed by atoms with Crippen LogP contribution in [0, 0.1) is 17.0 Å². The van der Waals surface area contributed by atoms with Gasteiger partial charge in [0.15, 0.2) is 0 Å². The zero-order valence-corrected chi connectivity index (χ0v) is 18.4. The molecule has 33 heavy (non-hydrogen) atoms. The Kier molecular flexibility index (Phi) is 7.47. The lowest BCUT2D eigenvalue weighted by Gasteiger charge is -2.05. The van der Waals surface area contributed by atoms with Crippen molar-refractivity contribution in [3.05, 3.63) is 118 Å². The van der Waals surface area contributed by atoms with E-state index in [1.807, 2.05) is 25.1 Å². The second-order valence-corrected chi connectivity index (χ2v) is 8.60. The third-order valence-corrected chi connectivity index (χ3v) is 5.82. The van der Waals surface area contributed by atoms with Gasteiger partial charge < -0.3 is 4.74 Å². The fourth-order valence-electron chi connectivity index (χ4n) is 2.75. The minimum atomic E-state index is -4.10. The summed E-state index contributed by atoms with van der Waals surface area (Å²) >= 11 is 0. The molecular formula is C24H20N2O6S. The van der Waals surface area contributed by atoms with Gasteiger partial charge in [-0.25, -0.2) is 4.79 Å². The highest BCUT2D eigenvalue weighted by atomic mass is 32.2. The van der Waals surface area contributed by atoms with Crippen LogP contribution in [0.3, 0.4) is 0 Å². The lowest BCUT2D eigenvalue weighted by Crippen LogP contribution is -2.07. The predicted octanol–water partition coefficient (Wildman–Crippen LogP) is 4.38. The lowest BCUT2D eigenvalue weighted by atomic mass is 10.1. The molecule has 0 unspecified atom stereocenters. The standard InChI is InChI=1S/C24H20N2O6S/c1-18-7-13-22(14-8-18)33(30,31)25-23(20-9-11-21(12-10-20)26(28)29)15-16-24(27)32-17-19-5-3-2-4-6-19/h2-16H,17H2,1H3/b16-15+,25-23-. The third-order valence-electron chi connectivity index (χ3n) is 4.51. The van der Waals surface area contributed by atoms with Crippen LogP contribution < -0.4 is 0 Å². The van der Waals surface area contributed by atoms with Crippen molar-refractivity contribution in [2.45, 2.75) is 18.4 Å². The highest BCUT2D eigenvalue weighted by Crippen LogP contribution is 2.18. The zero-order valence-electron chi connectivity index (χ0n) is 17.6. The largest absolute Gasteiger partial charge is 0.458 e. The Labute approximate surface area is 191 Å². The Morgan fingerprint density at radius 2 is 1.61 bits per heavy atom. The number of esters is 1. The Bertz CT molecular complexity index is 1300. The SMILES string of the molecule is Cc1ccc(S(=O)(=O)/N=C(/C=C/C(=O)OCc2ccccc2)c2ccc([N+](=O)[O-])cc2)cc1. The smallest absolute Gasteiger partial charge is 0.331 e. The first-order chi connectivity index (χ1) is 15.7. The Morgan fingerprint density at radius 1 is 0.970 bits per heavy atom. The van der Waals surface area contributed by atoms with Crippen molar-refractivity contribution in [1.29, 1.82) is 0 Å². The van der Waals surface area contributed by atoms with Crippen molar-refractivity contribution < 1.29 is 22.9 Å². The number of ether oxygens (including phenoxy) is 1. The van der Waals surface area contributed by atoms with Crippen molar-refractivity contribution >= 4 is 27.4 Å². The number of allylic oxidation sites excluding steroid dienone is 1. The molecule has 3 aromatic carbocycles. The van der Waals surface area contributed by atoms with E-state index in [2.05, 4.69) is 4.40 Å². The van der Waals surface area contributed by atoms with Gasteiger partial charge in [-0.2, -0.15) is 12.8 Å². The third kappa shape index (κ3) is 6.68. The summed E-state index contributed by atoms with van der Waals surface area (Å²) in [6, 6.07) is 20.4. The molecule has 0 N–H and O–H groups in total. The predicted molar refractivity (Wildman–Crippen MR) is 123 cm³/mol. The van der Waals surface area contributed by atoms with Gasteiger partial charge in [0.25, 0.3) is 15.7 Å². The number of hydrogen-bond donors (Lipinski definition) is 0. The quantitative estimate of drug-likeness (QED) is 0.161. The van der Waals surface area contributed by atoms with E-state index in [4.69, 9.17) is 4.74 Å². The summed E-state index contributed by atoms with van der Waals surface area (Å²) in [6.45, 7) is 1.88. The van der Waals surface area contributed by atoms with Gasteiger partial charge in [0.1, 0.15) is 6.61 Å². The number of benzene rings is 3. The van der Waals surface area contributed by atoms with Crippen LogP contribution in [0.5, 0.6) is 0 Å². The molecule has 0 heterocycles. The van der Waals surface area contributed by atoms with Crippen LogP contribution in [0.25, 0.3) is 0 Å². The van der Waals surface area contributed by atoms with Gasteiger partial charge in [-0.1, -0.05) is 48.0 Å². The van der Waals surface area contributed by atoms with Crippen LogP contribution in [-0.4, -0.2) is 25.0 Å². The Hall–Kier alpha value is -4.11. The number of rotatable bonds is 8. The van der Waals surface area contributed by atoms with E-state index in [1.165, 1.54) is 42.5 Å². The van der Waals surface area contributed by atoms with Crippen LogP contribution in [0.4, 0.5) is 5.69 Å². The van der Waals surface area contributed by atoms with Crippen molar-refractivity contribution in [2.75, 3.05) is 0 Å². The van der Waals surface area contributed by atoms with E-state index in [-0.39, 0.29) is 28.5 Å². The monoisotopic (exact) mass is 464 g/mol. The molecule has 0 atom stereocenters. The number of sulfonamides is 1. The Balaban J connectivity index is 1.90. The number of aryl methyl sites for hydroxylation is 1. The highest BCUT2D eigenvalue weighted by molar-refractivity contribution is 7.90. The molecule has 9 heteroatoms. The number of non-ortho nitro benzene ring substituents is 1. The fraction of sp³-hybridized carbons (Fsp3) is 0.0833. The molecule has 0 amide bonds. The molecule has 0 aliphatic carbocycles. The van der Waals surface area contributed by atoms with Gasteiger partial charge in [0.2, 0.25) is 0 Å². The molecule has 0 aliphatic heterocycles. The van der Waals surface area contributed by atoms with Crippen molar-refractivity contribution in [1.82, 2.24) is 0 Å². The van der Waals surface area contributed by atoms with Crippen molar-refractivity contribution in [3.63, 3.8) is 0 Å². The molecule has 0 spiro atoms. The molecule has 0 saturated heterocycles. The number of carbonyl (C=O) groups is 1. The number of hydrogen-bond acceptors (Lipinski definition) is 6. The summed E-state index contributed by atoms with van der Waals surface area (Å²) in [7, 11) is -4.10. The van der Waals surface area contributed by atoms with Crippen molar-refractivity contribution in [2.24, 2.45) is 4.40 Å². The molecule has 3 rings (SSSR count). The van der Waals surface area contributed by atoms with E-state index >= 15 is 0 Å². The first-order valence-corrected chi connectivity index (χ1v) is 11.2. The first kappa shape index (κ1) is 23.6. The molecule has 3 aromatic rings. The molecule has 0 radical (unpaired) electrons. The van der Waals surface area contributed by atoms with Gasteiger partial charge in [0.05, 0.1) is 15.5 Å². The van der Waals surface area contributed by atoms with Gasteiger partial charge in [-0.15, -0.1) is 0 Å². The molecular weight excluding hydrogens is 444 g/mol. The minimum absolute atomic E-state index is 0.0208. The maximum absolute atomic E-state index is 12.8. The van der Waals surface area contributed by atoms with E-state index in [0.717, 1.165) is 17.2 Å². The Morgan fingerprint density at radius 3 is 2.21 bits per heavy atom. The van der Waals surface area contributed by atoms with Gasteiger partial charge in [0, 0.05) is 23.8 Å². The molecule has 0 aliphatic rings. The van der Waals surface area contributed by atoms with Gasteiger partial charge >= 0.3 is 5.97 Å². The van der Waals surface area contributed by atoms with Crippen molar-refractivity contribution in [3.8, 4) is 0 Å². The van der Waals surface area contributed by atoms with Crippen LogP contribution in [0.1, 0.15) is 16.7 Å². The molecule has 0 bridgehead atoms. The maximum Gasteiger partial charge on any atom is 0.331 e. The first-order valence-electron chi connectivity index (χ1n) is 9.80. The number of nitro groups is 1. The van der Waals surface area contributed by atoms with Gasteiger partial charge in [-0.3, -0.25) is 10.1 Å². The summed E-state index contributed by atoms with van der Waals surface area (Å²) in [4.78, 5) is 22.5.